The van der Waals surface area contributed by atoms with Crippen molar-refractivity contribution in [3.05, 3.63) is 54.1 Å². The molecule has 0 N–H and O–H groups in total. The van der Waals surface area contributed by atoms with Crippen LogP contribution in [0.4, 0.5) is 0 Å². The molecule has 140 valence electrons. The highest BCUT2D eigenvalue weighted by Crippen LogP contribution is 2.19. The zero-order valence-electron chi connectivity index (χ0n) is 15.6. The first kappa shape index (κ1) is 18.6. The van der Waals surface area contributed by atoms with Gasteiger partial charge in [0.15, 0.2) is 5.78 Å². The summed E-state index contributed by atoms with van der Waals surface area (Å²) in [4.78, 5) is 13.6. The quantitative estimate of drug-likeness (QED) is 0.569. The molecule has 0 radical (unpaired) electrons. The lowest BCUT2D eigenvalue weighted by Crippen LogP contribution is -2.13. The van der Waals surface area contributed by atoms with Gasteiger partial charge >= 0.3 is 0 Å². The fourth-order valence-electron chi connectivity index (χ4n) is 2.39. The van der Waals surface area contributed by atoms with Crippen LogP contribution in [0.25, 0.3) is 11.4 Å². The van der Waals surface area contributed by atoms with Crippen LogP contribution in [-0.4, -0.2) is 39.7 Å². The van der Waals surface area contributed by atoms with Gasteiger partial charge in [-0.05, 0) is 59.7 Å². The molecule has 27 heavy (non-hydrogen) atoms. The molecule has 0 spiro atoms. The minimum absolute atomic E-state index is 0.0227. The molecule has 1 aromatic heterocycles. The first-order chi connectivity index (χ1) is 13.0. The van der Waals surface area contributed by atoms with Crippen LogP contribution in [0, 0.1) is 5.92 Å². The van der Waals surface area contributed by atoms with Crippen LogP contribution in [0.1, 0.15) is 24.2 Å². The Balaban J connectivity index is 1.64. The molecule has 0 bridgehead atoms. The summed E-state index contributed by atoms with van der Waals surface area (Å²) in [5, 5.41) is 12.3. The molecule has 0 saturated carbocycles. The van der Waals surface area contributed by atoms with E-state index in [0.717, 1.165) is 11.3 Å². The highest BCUT2D eigenvalue weighted by Gasteiger charge is 2.11. The van der Waals surface area contributed by atoms with Crippen LogP contribution >= 0.6 is 0 Å². The third kappa shape index (κ3) is 4.91. The van der Waals surface area contributed by atoms with Crippen molar-refractivity contribution >= 4 is 5.78 Å². The second kappa shape index (κ2) is 8.44. The van der Waals surface area contributed by atoms with E-state index in [2.05, 4.69) is 29.3 Å². The van der Waals surface area contributed by atoms with Gasteiger partial charge in [-0.3, -0.25) is 4.79 Å². The van der Waals surface area contributed by atoms with Gasteiger partial charge in [0.1, 0.15) is 18.0 Å². The highest BCUT2D eigenvalue weighted by molar-refractivity contribution is 5.95. The van der Waals surface area contributed by atoms with Gasteiger partial charge in [0.2, 0.25) is 5.82 Å². The third-order valence-corrected chi connectivity index (χ3v) is 3.85. The number of ketones is 1. The second-order valence-electron chi connectivity index (χ2n) is 6.52. The van der Waals surface area contributed by atoms with Crippen molar-refractivity contribution in [2.45, 2.75) is 20.4 Å². The lowest BCUT2D eigenvalue weighted by Gasteiger charge is -2.08. The molecule has 0 saturated heterocycles. The molecule has 1 heterocycles. The molecular weight excluding hydrogens is 344 g/mol. The maximum Gasteiger partial charge on any atom is 0.204 e. The molecule has 0 atom stereocenters. The van der Waals surface area contributed by atoms with Crippen molar-refractivity contribution in [1.29, 1.82) is 0 Å². The molecule has 0 amide bonds. The van der Waals surface area contributed by atoms with Crippen LogP contribution in [0.3, 0.4) is 0 Å². The average molecular weight is 366 g/mol. The van der Waals surface area contributed by atoms with E-state index in [9.17, 15) is 4.79 Å². The Morgan fingerprint density at radius 3 is 2.33 bits per heavy atom. The first-order valence-corrected chi connectivity index (χ1v) is 8.73. The van der Waals surface area contributed by atoms with Gasteiger partial charge in [-0.2, -0.15) is 4.80 Å². The van der Waals surface area contributed by atoms with E-state index in [0.29, 0.717) is 29.7 Å². The van der Waals surface area contributed by atoms with Crippen LogP contribution in [0.15, 0.2) is 48.5 Å². The second-order valence-corrected chi connectivity index (χ2v) is 6.52. The predicted molar refractivity (Wildman–Crippen MR) is 101 cm³/mol. The van der Waals surface area contributed by atoms with E-state index >= 15 is 0 Å². The monoisotopic (exact) mass is 366 g/mol. The number of benzene rings is 2. The highest BCUT2D eigenvalue weighted by atomic mass is 16.5. The average Bonchev–Trinajstić information content (AvgIpc) is 3.15. The Labute approximate surface area is 157 Å². The van der Waals surface area contributed by atoms with E-state index in [1.165, 1.54) is 4.80 Å². The third-order valence-electron chi connectivity index (χ3n) is 3.85. The van der Waals surface area contributed by atoms with Crippen LogP contribution in [-0.2, 0) is 6.54 Å². The normalized spacial score (nSPS) is 10.8. The van der Waals surface area contributed by atoms with Crippen molar-refractivity contribution in [2.75, 3.05) is 13.7 Å². The van der Waals surface area contributed by atoms with Crippen molar-refractivity contribution in [3.8, 4) is 22.9 Å². The topological polar surface area (TPSA) is 79.1 Å². The fraction of sp³-hybridized carbons (Fsp3) is 0.300. The Morgan fingerprint density at radius 2 is 1.70 bits per heavy atom. The molecule has 0 fully saturated rings. The minimum atomic E-state index is -0.0981. The van der Waals surface area contributed by atoms with E-state index in [1.807, 2.05) is 24.3 Å². The molecule has 0 unspecified atom stereocenters. The standard InChI is InChI=1S/C20H22N4O3/c1-14(2)13-27-18-10-6-16(7-11-18)20-21-23-24(22-20)12-19(25)15-4-8-17(26-3)9-5-15/h4-11,14H,12-13H2,1-3H3. The Hall–Kier alpha value is -3.22. The predicted octanol–water partition coefficient (Wildman–Crippen LogP) is 3.27. The fourth-order valence-corrected chi connectivity index (χ4v) is 2.39. The summed E-state index contributed by atoms with van der Waals surface area (Å²) in [5.41, 5.74) is 1.39. The van der Waals surface area contributed by atoms with Crippen molar-refractivity contribution in [2.24, 2.45) is 5.92 Å². The molecule has 3 rings (SSSR count). The maximum absolute atomic E-state index is 12.3. The minimum Gasteiger partial charge on any atom is -0.497 e. The zero-order valence-corrected chi connectivity index (χ0v) is 15.6. The van der Waals surface area contributed by atoms with E-state index in [4.69, 9.17) is 9.47 Å². The number of tetrazole rings is 1. The lowest BCUT2D eigenvalue weighted by atomic mass is 10.1. The largest absolute Gasteiger partial charge is 0.497 e. The Kier molecular flexibility index (Phi) is 5.80. The molecule has 7 nitrogen and oxygen atoms in total. The molecule has 0 aliphatic rings. The number of aromatic nitrogens is 4. The van der Waals surface area contributed by atoms with E-state index in [-0.39, 0.29) is 12.3 Å². The van der Waals surface area contributed by atoms with Gasteiger partial charge < -0.3 is 9.47 Å². The number of Topliss-reactive ketones (excluding diaryl/α,β-unsaturated/α-hetero) is 1. The van der Waals surface area contributed by atoms with Crippen molar-refractivity contribution in [1.82, 2.24) is 20.2 Å². The summed E-state index contributed by atoms with van der Waals surface area (Å²) in [6, 6.07) is 14.4. The summed E-state index contributed by atoms with van der Waals surface area (Å²) < 4.78 is 10.8. The van der Waals surface area contributed by atoms with Gasteiger partial charge in [0.05, 0.1) is 13.7 Å². The van der Waals surface area contributed by atoms with Gasteiger partial charge in [-0.1, -0.05) is 13.8 Å². The van der Waals surface area contributed by atoms with Crippen LogP contribution in [0.2, 0.25) is 0 Å². The number of hydrogen-bond acceptors (Lipinski definition) is 6. The van der Waals surface area contributed by atoms with Crippen LogP contribution in [0.5, 0.6) is 11.5 Å². The van der Waals surface area contributed by atoms with Gasteiger partial charge in [-0.15, -0.1) is 10.2 Å². The summed E-state index contributed by atoms with van der Waals surface area (Å²) in [6.07, 6.45) is 0. The molecule has 0 aliphatic carbocycles. The number of rotatable bonds is 8. The number of ether oxygens (including phenoxy) is 2. The summed E-state index contributed by atoms with van der Waals surface area (Å²) in [5.74, 6) is 2.34. The summed E-state index contributed by atoms with van der Waals surface area (Å²) in [6.45, 7) is 4.89. The summed E-state index contributed by atoms with van der Waals surface area (Å²) in [7, 11) is 1.58. The number of nitrogens with zero attached hydrogens (tertiary/aromatic N) is 4. The maximum atomic E-state index is 12.3. The van der Waals surface area contributed by atoms with E-state index < -0.39 is 0 Å². The van der Waals surface area contributed by atoms with Crippen LogP contribution < -0.4 is 9.47 Å². The van der Waals surface area contributed by atoms with Crippen molar-refractivity contribution < 1.29 is 14.3 Å². The number of carbonyl (C=O) groups is 1. The molecule has 2 aromatic carbocycles. The van der Waals surface area contributed by atoms with Gasteiger partial charge in [0, 0.05) is 11.1 Å². The SMILES string of the molecule is COc1ccc(C(=O)Cn2nnc(-c3ccc(OCC(C)C)cc3)n2)cc1. The molecule has 3 aromatic rings. The van der Waals surface area contributed by atoms with Gasteiger partial charge in [0.25, 0.3) is 0 Å². The zero-order chi connectivity index (χ0) is 19.2. The molecule has 7 heteroatoms. The van der Waals surface area contributed by atoms with E-state index in [1.54, 1.807) is 31.4 Å². The number of hydrogen-bond donors (Lipinski definition) is 0. The first-order valence-electron chi connectivity index (χ1n) is 8.73. The smallest absolute Gasteiger partial charge is 0.204 e. The number of methoxy groups -OCH3 is 1. The number of carbonyl (C=O) groups excluding carboxylic acids is 1. The summed E-state index contributed by atoms with van der Waals surface area (Å²) >= 11 is 0. The Morgan fingerprint density at radius 1 is 1.04 bits per heavy atom. The van der Waals surface area contributed by atoms with Crippen molar-refractivity contribution in [3.63, 3.8) is 0 Å². The Bertz CT molecular complexity index is 886. The molecule has 0 aliphatic heterocycles. The van der Waals surface area contributed by atoms with Gasteiger partial charge in [-0.25, -0.2) is 0 Å². The lowest BCUT2D eigenvalue weighted by molar-refractivity contribution is 0.0961. The molecular formula is C20H22N4O3.